The van der Waals surface area contributed by atoms with Crippen molar-refractivity contribution in [3.8, 4) is 0 Å². The number of nitrogens with one attached hydrogen (secondary N) is 1. The predicted octanol–water partition coefficient (Wildman–Crippen LogP) is 9.88. The van der Waals surface area contributed by atoms with Gasteiger partial charge in [-0.2, -0.15) is 0 Å². The summed E-state index contributed by atoms with van der Waals surface area (Å²) in [5.74, 6) is 0. The topological polar surface area (TPSA) is 51.2 Å². The highest BCUT2D eigenvalue weighted by molar-refractivity contribution is 6.14. The van der Waals surface area contributed by atoms with Gasteiger partial charge in [-0.05, 0) is 74.1 Å². The fraction of sp³-hybridized carbons (Fsp3) is 0.0500. The minimum atomic E-state index is -0.357. The number of hydrogen-bond donors (Lipinski definition) is 2. The fourth-order valence-electron chi connectivity index (χ4n) is 6.29. The Kier molecular flexibility index (Phi) is 6.17. The third-order valence-electron chi connectivity index (χ3n) is 8.49. The predicted molar refractivity (Wildman–Crippen MR) is 181 cm³/mol. The maximum absolute atomic E-state index is 6.75. The van der Waals surface area contributed by atoms with Gasteiger partial charge < -0.3 is 15.5 Å². The van der Waals surface area contributed by atoms with E-state index in [1.54, 1.807) is 0 Å². The van der Waals surface area contributed by atoms with Crippen molar-refractivity contribution in [2.75, 3.05) is 0 Å². The van der Waals surface area contributed by atoms with Gasteiger partial charge in [0.2, 0.25) is 0 Å². The average molecular weight is 555 g/mol. The highest BCUT2D eigenvalue weighted by Crippen LogP contribution is 2.34. The molecule has 0 saturated heterocycles. The summed E-state index contributed by atoms with van der Waals surface area (Å²) >= 11 is 0. The van der Waals surface area contributed by atoms with Gasteiger partial charge in [0, 0.05) is 22.0 Å². The van der Waals surface area contributed by atoms with E-state index in [4.69, 9.17) is 10.2 Å². The maximum Gasteiger partial charge on any atom is 0.135 e. The zero-order valence-electron chi connectivity index (χ0n) is 23.6. The second kappa shape index (κ2) is 10.5. The third kappa shape index (κ3) is 4.61. The van der Waals surface area contributed by atoms with Crippen LogP contribution in [0.5, 0.6) is 0 Å². The highest BCUT2D eigenvalue weighted by Gasteiger charge is 2.14. The summed E-state index contributed by atoms with van der Waals surface area (Å²) in [5.41, 5.74) is 12.9. The smallest absolute Gasteiger partial charge is 0.135 e. The molecule has 0 spiro atoms. The van der Waals surface area contributed by atoms with Gasteiger partial charge in [-0.25, -0.2) is 0 Å². The van der Waals surface area contributed by atoms with Gasteiger partial charge in [-0.3, -0.25) is 0 Å². The number of benzene rings is 7. The van der Waals surface area contributed by atoms with Crippen LogP contribution < -0.4 is 11.1 Å². The Morgan fingerprint density at radius 3 is 2.19 bits per heavy atom. The number of rotatable bonds is 6. The molecule has 206 valence electrons. The van der Waals surface area contributed by atoms with Gasteiger partial charge >= 0.3 is 0 Å². The third-order valence-corrected chi connectivity index (χ3v) is 8.49. The second-order valence-corrected chi connectivity index (χ2v) is 11.2. The van der Waals surface area contributed by atoms with Gasteiger partial charge in [-0.1, -0.05) is 121 Å². The number of hydrogen-bond acceptors (Lipinski definition) is 3. The van der Waals surface area contributed by atoms with E-state index in [1.807, 2.05) is 30.3 Å². The lowest BCUT2D eigenvalue weighted by molar-refractivity contribution is 0.665. The molecule has 1 atom stereocenters. The number of allylic oxidation sites excluding steroid dienone is 1. The molecule has 1 unspecified atom stereocenters. The molecule has 3 heteroatoms. The Morgan fingerprint density at radius 2 is 1.30 bits per heavy atom. The van der Waals surface area contributed by atoms with Gasteiger partial charge in [0.15, 0.2) is 0 Å². The van der Waals surface area contributed by atoms with Crippen molar-refractivity contribution in [1.29, 1.82) is 0 Å². The van der Waals surface area contributed by atoms with Crippen LogP contribution in [0.3, 0.4) is 0 Å². The number of para-hydroxylation sites is 1. The summed E-state index contributed by atoms with van der Waals surface area (Å²) in [5, 5.41) is 13.4. The van der Waals surface area contributed by atoms with E-state index in [1.165, 1.54) is 37.9 Å². The van der Waals surface area contributed by atoms with Crippen LogP contribution in [-0.2, 0) is 6.42 Å². The van der Waals surface area contributed by atoms with Crippen molar-refractivity contribution in [1.82, 2.24) is 5.32 Å². The first-order valence-corrected chi connectivity index (χ1v) is 14.7. The molecule has 0 radical (unpaired) electrons. The summed E-state index contributed by atoms with van der Waals surface area (Å²) in [6.07, 6.45) is 2.63. The molecule has 3 N–H and O–H groups in total. The number of furan rings is 1. The molecule has 0 amide bonds. The maximum atomic E-state index is 6.75. The number of fused-ring (bicyclic) bond motifs is 7. The Labute approximate surface area is 249 Å². The SMILES string of the molecule is NC(N/C(=C\Cc1ccc2c(c1)oc1ccccc12)c1cccc2c1ccc1cc3ccccc3cc12)c1ccccc1. The summed E-state index contributed by atoms with van der Waals surface area (Å²) < 4.78 is 6.18. The minimum absolute atomic E-state index is 0.357. The first-order chi connectivity index (χ1) is 21.2. The molecule has 7 aromatic carbocycles. The van der Waals surface area contributed by atoms with Crippen molar-refractivity contribution >= 4 is 60.0 Å². The van der Waals surface area contributed by atoms with Crippen LogP contribution in [0.4, 0.5) is 0 Å². The zero-order valence-corrected chi connectivity index (χ0v) is 23.6. The first kappa shape index (κ1) is 25.3. The molecule has 0 aliphatic rings. The van der Waals surface area contributed by atoms with Crippen LogP contribution in [0.25, 0.3) is 60.0 Å². The van der Waals surface area contributed by atoms with E-state index in [0.717, 1.165) is 45.2 Å². The van der Waals surface area contributed by atoms with E-state index in [9.17, 15) is 0 Å². The molecule has 0 saturated carbocycles. The van der Waals surface area contributed by atoms with E-state index >= 15 is 0 Å². The molecule has 43 heavy (non-hydrogen) atoms. The lowest BCUT2D eigenvalue weighted by Gasteiger charge is -2.21. The van der Waals surface area contributed by atoms with Crippen LogP contribution in [0.2, 0.25) is 0 Å². The van der Waals surface area contributed by atoms with Gasteiger partial charge in [0.1, 0.15) is 17.3 Å². The monoisotopic (exact) mass is 554 g/mol. The molecular weight excluding hydrogens is 524 g/mol. The fourth-order valence-corrected chi connectivity index (χ4v) is 6.29. The average Bonchev–Trinajstić information content (AvgIpc) is 3.43. The molecule has 0 bridgehead atoms. The van der Waals surface area contributed by atoms with Crippen LogP contribution >= 0.6 is 0 Å². The Hall–Kier alpha value is -5.38. The van der Waals surface area contributed by atoms with Crippen molar-refractivity contribution in [2.24, 2.45) is 5.73 Å². The molecule has 8 rings (SSSR count). The normalized spacial score (nSPS) is 12.9. The van der Waals surface area contributed by atoms with E-state index in [0.29, 0.717) is 0 Å². The molecule has 1 heterocycles. The summed E-state index contributed by atoms with van der Waals surface area (Å²) in [6.45, 7) is 0. The Balaban J connectivity index is 1.24. The van der Waals surface area contributed by atoms with Crippen molar-refractivity contribution in [3.63, 3.8) is 0 Å². The van der Waals surface area contributed by atoms with Crippen molar-refractivity contribution in [2.45, 2.75) is 12.6 Å². The van der Waals surface area contributed by atoms with Crippen molar-refractivity contribution < 1.29 is 4.42 Å². The molecule has 1 aromatic heterocycles. The first-order valence-electron chi connectivity index (χ1n) is 14.7. The molecule has 8 aromatic rings. The van der Waals surface area contributed by atoms with Crippen LogP contribution in [0, 0.1) is 0 Å². The highest BCUT2D eigenvalue weighted by atomic mass is 16.3. The minimum Gasteiger partial charge on any atom is -0.456 e. The standard InChI is InChI=1S/C40H30N2O/c41-40(27-9-2-1-3-10-27)42-37(22-18-26-17-20-35-34-13-6-7-16-38(34)43-39(35)23-26)33-15-8-14-31-32(33)21-19-30-24-28-11-4-5-12-29(28)25-36(30)31/h1-17,19-25,40,42H,18,41H2/b37-22-. The quantitative estimate of drug-likeness (QED) is 0.122. The van der Waals surface area contributed by atoms with Crippen LogP contribution in [-0.4, -0.2) is 0 Å². The lowest BCUT2D eigenvalue weighted by atomic mass is 9.94. The largest absolute Gasteiger partial charge is 0.456 e. The van der Waals surface area contributed by atoms with E-state index < -0.39 is 0 Å². The van der Waals surface area contributed by atoms with Gasteiger partial charge in [0.25, 0.3) is 0 Å². The van der Waals surface area contributed by atoms with Crippen LogP contribution in [0.1, 0.15) is 22.9 Å². The summed E-state index contributed by atoms with van der Waals surface area (Å²) in [4.78, 5) is 0. The van der Waals surface area contributed by atoms with Crippen LogP contribution in [0.15, 0.2) is 150 Å². The molecule has 0 aliphatic carbocycles. The zero-order chi connectivity index (χ0) is 28.8. The Morgan fingerprint density at radius 1 is 0.581 bits per heavy atom. The summed E-state index contributed by atoms with van der Waals surface area (Å²) in [6, 6.07) is 49.1. The van der Waals surface area contributed by atoms with E-state index in [2.05, 4.69) is 121 Å². The molecular formula is C40H30N2O. The molecule has 0 fully saturated rings. The second-order valence-electron chi connectivity index (χ2n) is 11.2. The molecule has 3 nitrogen and oxygen atoms in total. The van der Waals surface area contributed by atoms with Gasteiger partial charge in [0.05, 0.1) is 0 Å². The number of nitrogens with two attached hydrogens (primary N) is 1. The summed E-state index contributed by atoms with van der Waals surface area (Å²) in [7, 11) is 0. The molecule has 0 aliphatic heterocycles. The van der Waals surface area contributed by atoms with Crippen molar-refractivity contribution in [3.05, 3.63) is 162 Å². The Bertz CT molecular complexity index is 2310. The van der Waals surface area contributed by atoms with Gasteiger partial charge in [-0.15, -0.1) is 0 Å². The lowest BCUT2D eigenvalue weighted by Crippen LogP contribution is -2.27. The van der Waals surface area contributed by atoms with E-state index in [-0.39, 0.29) is 6.17 Å².